The second-order valence-corrected chi connectivity index (χ2v) is 6.27. The van der Waals surface area contributed by atoms with Crippen LogP contribution in [0.4, 0.5) is 0 Å². The molecule has 0 unspecified atom stereocenters. The highest BCUT2D eigenvalue weighted by Gasteiger charge is 2.12. The molecule has 2 heterocycles. The SMILES string of the molecule is Cc1ccc2nc(CCCl)n(Cc3ccc(Br)cc3)c2n1. The van der Waals surface area contributed by atoms with Crippen LogP contribution in [0.25, 0.3) is 11.2 Å². The van der Waals surface area contributed by atoms with E-state index < -0.39 is 0 Å². The molecule has 5 heteroatoms. The summed E-state index contributed by atoms with van der Waals surface area (Å²) in [4.78, 5) is 9.30. The van der Waals surface area contributed by atoms with Crippen LogP contribution in [0.5, 0.6) is 0 Å². The van der Waals surface area contributed by atoms with Gasteiger partial charge < -0.3 is 4.57 Å². The van der Waals surface area contributed by atoms with Gasteiger partial charge in [-0.2, -0.15) is 0 Å². The van der Waals surface area contributed by atoms with Gasteiger partial charge in [0.25, 0.3) is 0 Å². The Labute approximate surface area is 137 Å². The molecule has 3 rings (SSSR count). The predicted molar refractivity (Wildman–Crippen MR) is 89.9 cm³/mol. The Hall–Kier alpha value is -1.39. The fraction of sp³-hybridized carbons (Fsp3) is 0.250. The Morgan fingerprint density at radius 2 is 1.86 bits per heavy atom. The summed E-state index contributed by atoms with van der Waals surface area (Å²) in [6, 6.07) is 12.3. The quantitative estimate of drug-likeness (QED) is 0.645. The number of hydrogen-bond donors (Lipinski definition) is 0. The van der Waals surface area contributed by atoms with Gasteiger partial charge in [0.1, 0.15) is 11.3 Å². The predicted octanol–water partition coefficient (Wildman–Crippen LogP) is 4.33. The molecule has 0 aliphatic carbocycles. The van der Waals surface area contributed by atoms with Crippen molar-refractivity contribution in [3.63, 3.8) is 0 Å². The molecular weight excluding hydrogens is 350 g/mol. The van der Waals surface area contributed by atoms with Crippen LogP contribution in [-0.2, 0) is 13.0 Å². The van der Waals surface area contributed by atoms with E-state index in [9.17, 15) is 0 Å². The summed E-state index contributed by atoms with van der Waals surface area (Å²) >= 11 is 9.37. The minimum absolute atomic E-state index is 0.558. The maximum atomic E-state index is 5.91. The molecule has 0 amide bonds. The molecule has 3 aromatic rings. The summed E-state index contributed by atoms with van der Waals surface area (Å²) in [6.45, 7) is 2.75. The van der Waals surface area contributed by atoms with Crippen LogP contribution in [0.3, 0.4) is 0 Å². The molecule has 0 fully saturated rings. The lowest BCUT2D eigenvalue weighted by Gasteiger charge is -2.08. The molecule has 0 N–H and O–H groups in total. The van der Waals surface area contributed by atoms with Crippen LogP contribution < -0.4 is 0 Å². The maximum absolute atomic E-state index is 5.91. The molecule has 0 bridgehead atoms. The lowest BCUT2D eigenvalue weighted by atomic mass is 10.2. The third-order valence-electron chi connectivity index (χ3n) is 3.38. The minimum Gasteiger partial charge on any atom is -0.308 e. The number of benzene rings is 1. The number of aryl methyl sites for hydroxylation is 2. The fourth-order valence-electron chi connectivity index (χ4n) is 2.36. The number of nitrogens with zero attached hydrogens (tertiary/aromatic N) is 3. The Kier molecular flexibility index (Phi) is 4.27. The summed E-state index contributed by atoms with van der Waals surface area (Å²) in [5.41, 5.74) is 4.07. The van der Waals surface area contributed by atoms with Gasteiger partial charge in [-0.05, 0) is 36.8 Å². The van der Waals surface area contributed by atoms with Crippen molar-refractivity contribution in [2.24, 2.45) is 0 Å². The summed E-state index contributed by atoms with van der Waals surface area (Å²) in [7, 11) is 0. The molecule has 0 aliphatic rings. The molecular formula is C16H15BrClN3. The van der Waals surface area contributed by atoms with E-state index in [2.05, 4.69) is 42.6 Å². The monoisotopic (exact) mass is 363 g/mol. The molecule has 0 aliphatic heterocycles. The zero-order chi connectivity index (χ0) is 14.8. The van der Waals surface area contributed by atoms with Gasteiger partial charge in [0.2, 0.25) is 0 Å². The highest BCUT2D eigenvalue weighted by Crippen LogP contribution is 2.19. The average Bonchev–Trinajstić information content (AvgIpc) is 2.79. The van der Waals surface area contributed by atoms with Crippen LogP contribution in [0.1, 0.15) is 17.1 Å². The van der Waals surface area contributed by atoms with E-state index in [1.165, 1.54) is 5.56 Å². The highest BCUT2D eigenvalue weighted by molar-refractivity contribution is 9.10. The van der Waals surface area contributed by atoms with Crippen molar-refractivity contribution in [3.05, 3.63) is 58.0 Å². The standard InChI is InChI=1S/C16H15BrClN3/c1-11-2-7-14-16(19-11)21(15(20-14)8-9-18)10-12-3-5-13(17)6-4-12/h2-7H,8-10H2,1H3. The number of pyridine rings is 1. The summed E-state index contributed by atoms with van der Waals surface area (Å²) < 4.78 is 3.24. The number of halogens is 2. The average molecular weight is 365 g/mol. The van der Waals surface area contributed by atoms with Crippen molar-refractivity contribution in [2.75, 3.05) is 5.88 Å². The highest BCUT2D eigenvalue weighted by atomic mass is 79.9. The van der Waals surface area contributed by atoms with Crippen LogP contribution in [-0.4, -0.2) is 20.4 Å². The molecule has 0 saturated heterocycles. The Bertz CT molecular complexity index is 765. The van der Waals surface area contributed by atoms with Crippen LogP contribution in [0.2, 0.25) is 0 Å². The zero-order valence-electron chi connectivity index (χ0n) is 11.7. The van der Waals surface area contributed by atoms with Crippen molar-refractivity contribution in [3.8, 4) is 0 Å². The molecule has 108 valence electrons. The van der Waals surface area contributed by atoms with E-state index in [0.717, 1.165) is 40.1 Å². The number of alkyl halides is 1. The van der Waals surface area contributed by atoms with Crippen molar-refractivity contribution in [2.45, 2.75) is 19.9 Å². The normalized spacial score (nSPS) is 11.2. The van der Waals surface area contributed by atoms with Crippen LogP contribution >= 0.6 is 27.5 Å². The number of hydrogen-bond acceptors (Lipinski definition) is 2. The summed E-state index contributed by atoms with van der Waals surface area (Å²) in [5, 5.41) is 0. The van der Waals surface area contributed by atoms with E-state index in [1.807, 2.05) is 31.2 Å². The van der Waals surface area contributed by atoms with Crippen LogP contribution in [0, 0.1) is 6.92 Å². The molecule has 0 radical (unpaired) electrons. The van der Waals surface area contributed by atoms with E-state index in [1.54, 1.807) is 0 Å². The molecule has 0 atom stereocenters. The fourth-order valence-corrected chi connectivity index (χ4v) is 2.79. The largest absolute Gasteiger partial charge is 0.308 e. The Morgan fingerprint density at radius 1 is 1.10 bits per heavy atom. The van der Waals surface area contributed by atoms with Crippen molar-refractivity contribution < 1.29 is 0 Å². The van der Waals surface area contributed by atoms with Gasteiger partial charge in [-0.1, -0.05) is 28.1 Å². The molecule has 0 saturated carbocycles. The smallest absolute Gasteiger partial charge is 0.160 e. The van der Waals surface area contributed by atoms with Gasteiger partial charge in [0.15, 0.2) is 5.65 Å². The zero-order valence-corrected chi connectivity index (χ0v) is 14.0. The van der Waals surface area contributed by atoms with Gasteiger partial charge in [-0.25, -0.2) is 9.97 Å². The number of fused-ring (bicyclic) bond motifs is 1. The van der Waals surface area contributed by atoms with Crippen molar-refractivity contribution in [1.29, 1.82) is 0 Å². The summed E-state index contributed by atoms with van der Waals surface area (Å²) in [6.07, 6.45) is 0.744. The lowest BCUT2D eigenvalue weighted by Crippen LogP contribution is -2.07. The number of aromatic nitrogens is 3. The van der Waals surface area contributed by atoms with Gasteiger partial charge in [0, 0.05) is 22.5 Å². The van der Waals surface area contributed by atoms with E-state index in [4.69, 9.17) is 11.6 Å². The maximum Gasteiger partial charge on any atom is 0.160 e. The lowest BCUT2D eigenvalue weighted by molar-refractivity contribution is 0.746. The summed E-state index contributed by atoms with van der Waals surface area (Å²) in [5.74, 6) is 1.55. The molecule has 0 spiro atoms. The van der Waals surface area contributed by atoms with Gasteiger partial charge >= 0.3 is 0 Å². The van der Waals surface area contributed by atoms with E-state index >= 15 is 0 Å². The van der Waals surface area contributed by atoms with Gasteiger partial charge in [-0.3, -0.25) is 0 Å². The first-order valence-corrected chi connectivity index (χ1v) is 8.13. The van der Waals surface area contributed by atoms with Crippen LogP contribution in [0.15, 0.2) is 40.9 Å². The topological polar surface area (TPSA) is 30.7 Å². The van der Waals surface area contributed by atoms with Gasteiger partial charge in [-0.15, -0.1) is 11.6 Å². The Morgan fingerprint density at radius 3 is 2.57 bits per heavy atom. The first-order chi connectivity index (χ1) is 10.2. The van der Waals surface area contributed by atoms with Gasteiger partial charge in [0.05, 0.1) is 6.54 Å². The Balaban J connectivity index is 2.07. The second kappa shape index (κ2) is 6.16. The molecule has 2 aromatic heterocycles. The van der Waals surface area contributed by atoms with Crippen molar-refractivity contribution in [1.82, 2.24) is 14.5 Å². The molecule has 21 heavy (non-hydrogen) atoms. The van der Waals surface area contributed by atoms with Crippen molar-refractivity contribution >= 4 is 38.7 Å². The molecule has 1 aromatic carbocycles. The number of rotatable bonds is 4. The number of imidazole rings is 1. The third kappa shape index (κ3) is 3.11. The molecule has 3 nitrogen and oxygen atoms in total. The first kappa shape index (κ1) is 14.5. The minimum atomic E-state index is 0.558. The van der Waals surface area contributed by atoms with E-state index in [0.29, 0.717) is 5.88 Å². The second-order valence-electron chi connectivity index (χ2n) is 4.97. The first-order valence-electron chi connectivity index (χ1n) is 6.80. The third-order valence-corrected chi connectivity index (χ3v) is 4.10. The van der Waals surface area contributed by atoms with E-state index in [-0.39, 0.29) is 0 Å².